The first kappa shape index (κ1) is 8.07. The van der Waals surface area contributed by atoms with Crippen LogP contribution < -0.4 is 5.32 Å². The lowest BCUT2D eigenvalue weighted by Gasteiger charge is -2.34. The van der Waals surface area contributed by atoms with Crippen molar-refractivity contribution < 1.29 is 0 Å². The van der Waals surface area contributed by atoms with E-state index in [2.05, 4.69) is 11.4 Å². The number of rotatable bonds is 2. The highest BCUT2D eigenvalue weighted by Crippen LogP contribution is 2.38. The molecule has 2 aliphatic heterocycles. The summed E-state index contributed by atoms with van der Waals surface area (Å²) >= 11 is 0. The highest BCUT2D eigenvalue weighted by atomic mass is 15.1. The summed E-state index contributed by atoms with van der Waals surface area (Å²) < 4.78 is 0. The van der Waals surface area contributed by atoms with Gasteiger partial charge in [-0.25, -0.2) is 0 Å². The first-order valence-corrected chi connectivity index (χ1v) is 4.99. The Hall–Kier alpha value is -0.550. The first-order valence-electron chi connectivity index (χ1n) is 4.99. The Bertz CT molecular complexity index is 202. The van der Waals surface area contributed by atoms with Crippen LogP contribution in [0.1, 0.15) is 44.9 Å². The maximum absolute atomic E-state index is 8.54. The third kappa shape index (κ3) is 1.34. The van der Waals surface area contributed by atoms with E-state index in [0.29, 0.717) is 5.54 Å². The Morgan fingerprint density at radius 3 is 3.17 bits per heavy atom. The second-order valence-electron chi connectivity index (χ2n) is 4.21. The minimum atomic E-state index is 0.374. The molecule has 2 nitrogen and oxygen atoms in total. The molecule has 1 N–H and O–H groups in total. The Morgan fingerprint density at radius 1 is 1.42 bits per heavy atom. The van der Waals surface area contributed by atoms with Gasteiger partial charge in [0.15, 0.2) is 0 Å². The van der Waals surface area contributed by atoms with Gasteiger partial charge in [-0.3, -0.25) is 0 Å². The molecular formula is C10H16N2. The van der Waals surface area contributed by atoms with Gasteiger partial charge in [0, 0.05) is 18.0 Å². The number of hydrogen-bond acceptors (Lipinski definition) is 2. The van der Waals surface area contributed by atoms with Gasteiger partial charge < -0.3 is 5.32 Å². The number of nitrogens with zero attached hydrogens (tertiary/aromatic N) is 1. The van der Waals surface area contributed by atoms with Crippen LogP contribution in [0.15, 0.2) is 0 Å². The molecule has 2 rings (SSSR count). The van der Waals surface area contributed by atoms with Gasteiger partial charge in [-0.15, -0.1) is 0 Å². The van der Waals surface area contributed by atoms with Crippen LogP contribution in [-0.2, 0) is 0 Å². The van der Waals surface area contributed by atoms with Gasteiger partial charge in [-0.05, 0) is 32.1 Å². The van der Waals surface area contributed by atoms with Gasteiger partial charge in [-0.1, -0.05) is 6.42 Å². The molecule has 12 heavy (non-hydrogen) atoms. The lowest BCUT2D eigenvalue weighted by atomic mass is 9.86. The molecule has 0 amide bonds. The van der Waals surface area contributed by atoms with Crippen molar-refractivity contribution in [2.24, 2.45) is 0 Å². The van der Waals surface area contributed by atoms with Crippen molar-refractivity contribution in [3.63, 3.8) is 0 Å². The summed E-state index contributed by atoms with van der Waals surface area (Å²) in [6, 6.07) is 3.03. The van der Waals surface area contributed by atoms with E-state index in [1.807, 2.05) is 0 Å². The maximum Gasteiger partial charge on any atom is 0.0622 e. The number of nitrogens with one attached hydrogen (secondary N) is 1. The summed E-state index contributed by atoms with van der Waals surface area (Å²) in [7, 11) is 0. The van der Waals surface area contributed by atoms with Crippen LogP contribution in [0.5, 0.6) is 0 Å². The molecule has 0 spiro atoms. The fourth-order valence-corrected chi connectivity index (χ4v) is 2.75. The lowest BCUT2D eigenvalue weighted by Crippen LogP contribution is -2.46. The van der Waals surface area contributed by atoms with Gasteiger partial charge in [0.05, 0.1) is 6.07 Å². The summed E-state index contributed by atoms with van der Waals surface area (Å²) in [5.41, 5.74) is 0.374. The van der Waals surface area contributed by atoms with E-state index in [9.17, 15) is 0 Å². The van der Waals surface area contributed by atoms with E-state index in [1.165, 1.54) is 32.1 Å². The van der Waals surface area contributed by atoms with Crippen LogP contribution >= 0.6 is 0 Å². The van der Waals surface area contributed by atoms with Crippen LogP contribution in [0.4, 0.5) is 0 Å². The van der Waals surface area contributed by atoms with Crippen molar-refractivity contribution in [1.82, 2.24) is 5.32 Å². The predicted octanol–water partition coefficient (Wildman–Crippen LogP) is 1.96. The molecule has 2 heteroatoms. The molecule has 2 atom stereocenters. The topological polar surface area (TPSA) is 35.8 Å². The zero-order valence-corrected chi connectivity index (χ0v) is 7.47. The van der Waals surface area contributed by atoms with Crippen LogP contribution in [0.2, 0.25) is 0 Å². The average molecular weight is 164 g/mol. The summed E-state index contributed by atoms with van der Waals surface area (Å²) in [4.78, 5) is 0. The molecule has 0 radical (unpaired) electrons. The number of fused-ring (bicyclic) bond motifs is 2. The fourth-order valence-electron chi connectivity index (χ4n) is 2.75. The quantitative estimate of drug-likeness (QED) is 0.677. The zero-order valence-electron chi connectivity index (χ0n) is 7.47. The first-order chi connectivity index (χ1) is 5.85. The van der Waals surface area contributed by atoms with E-state index in [1.54, 1.807) is 0 Å². The monoisotopic (exact) mass is 164 g/mol. The molecule has 0 aliphatic carbocycles. The zero-order chi connectivity index (χ0) is 8.44. The number of hydrogen-bond donors (Lipinski definition) is 1. The van der Waals surface area contributed by atoms with Crippen molar-refractivity contribution in [2.45, 2.75) is 56.5 Å². The van der Waals surface area contributed by atoms with Crippen molar-refractivity contribution in [1.29, 1.82) is 5.26 Å². The Balaban J connectivity index is 1.97. The second kappa shape index (κ2) is 3.06. The van der Waals surface area contributed by atoms with Crippen molar-refractivity contribution in [3.05, 3.63) is 0 Å². The van der Waals surface area contributed by atoms with Crippen molar-refractivity contribution in [2.75, 3.05) is 0 Å². The van der Waals surface area contributed by atoms with E-state index in [4.69, 9.17) is 5.26 Å². The van der Waals surface area contributed by atoms with E-state index in [-0.39, 0.29) is 0 Å². The third-order valence-electron chi connectivity index (χ3n) is 3.40. The Kier molecular flexibility index (Phi) is 2.06. The lowest BCUT2D eigenvalue weighted by molar-refractivity contribution is 0.261. The molecule has 0 saturated carbocycles. The van der Waals surface area contributed by atoms with Crippen LogP contribution in [-0.4, -0.2) is 11.6 Å². The second-order valence-corrected chi connectivity index (χ2v) is 4.21. The van der Waals surface area contributed by atoms with E-state index in [0.717, 1.165) is 18.9 Å². The van der Waals surface area contributed by atoms with Gasteiger partial charge in [0.1, 0.15) is 0 Å². The van der Waals surface area contributed by atoms with Crippen LogP contribution in [0.3, 0.4) is 0 Å². The molecule has 2 unspecified atom stereocenters. The maximum atomic E-state index is 8.54. The Morgan fingerprint density at radius 2 is 2.33 bits per heavy atom. The summed E-state index contributed by atoms with van der Waals surface area (Å²) in [6.45, 7) is 0. The van der Waals surface area contributed by atoms with Crippen LogP contribution in [0.25, 0.3) is 0 Å². The Labute approximate surface area is 74.0 Å². The molecule has 0 aromatic heterocycles. The highest BCUT2D eigenvalue weighted by Gasteiger charge is 2.40. The number of piperidine rings is 1. The average Bonchev–Trinajstić information content (AvgIpc) is 2.40. The molecule has 0 aromatic rings. The fraction of sp³-hybridized carbons (Fsp3) is 0.900. The molecule has 66 valence electrons. The molecule has 2 fully saturated rings. The molecular weight excluding hydrogens is 148 g/mol. The van der Waals surface area contributed by atoms with Crippen molar-refractivity contribution in [3.8, 4) is 6.07 Å². The molecule has 2 saturated heterocycles. The largest absolute Gasteiger partial charge is 0.308 e. The van der Waals surface area contributed by atoms with Gasteiger partial charge in [0.2, 0.25) is 0 Å². The van der Waals surface area contributed by atoms with E-state index >= 15 is 0 Å². The third-order valence-corrected chi connectivity index (χ3v) is 3.40. The van der Waals surface area contributed by atoms with E-state index < -0.39 is 0 Å². The molecule has 2 aliphatic rings. The van der Waals surface area contributed by atoms with Gasteiger partial charge in [-0.2, -0.15) is 5.26 Å². The molecule has 2 heterocycles. The van der Waals surface area contributed by atoms with Crippen LogP contribution in [0, 0.1) is 11.3 Å². The number of nitriles is 1. The molecule has 2 bridgehead atoms. The van der Waals surface area contributed by atoms with Gasteiger partial charge in [0.25, 0.3) is 0 Å². The highest BCUT2D eigenvalue weighted by molar-refractivity contribution is 5.02. The van der Waals surface area contributed by atoms with Gasteiger partial charge >= 0.3 is 0 Å². The van der Waals surface area contributed by atoms with Crippen molar-refractivity contribution >= 4 is 0 Å². The summed E-state index contributed by atoms with van der Waals surface area (Å²) in [5, 5.41) is 12.2. The normalized spacial score (nSPS) is 39.4. The minimum absolute atomic E-state index is 0.374. The summed E-state index contributed by atoms with van der Waals surface area (Å²) in [6.07, 6.45) is 8.45. The SMILES string of the molecule is N#CCCC12CCCC(CC1)N2. The smallest absolute Gasteiger partial charge is 0.0622 e. The summed E-state index contributed by atoms with van der Waals surface area (Å²) in [5.74, 6) is 0. The minimum Gasteiger partial charge on any atom is -0.308 e. The standard InChI is InChI=1S/C10H16N2/c11-8-2-6-10-5-1-3-9(12-10)4-7-10/h9,12H,1-7H2. The molecule has 0 aromatic carbocycles. The predicted molar refractivity (Wildman–Crippen MR) is 47.6 cm³/mol.